The molecule has 0 radical (unpaired) electrons. The highest BCUT2D eigenvalue weighted by Crippen LogP contribution is 2.33. The molecule has 0 aromatic carbocycles. The minimum absolute atomic E-state index is 0.0922. The Morgan fingerprint density at radius 3 is 2.62 bits per heavy atom. The minimum Gasteiger partial charge on any atom is -0.463 e. The highest BCUT2D eigenvalue weighted by Gasteiger charge is 2.20. The van der Waals surface area contributed by atoms with Crippen molar-refractivity contribution in [3.63, 3.8) is 0 Å². The van der Waals surface area contributed by atoms with Crippen molar-refractivity contribution < 1.29 is 9.21 Å². The molecule has 0 atom stereocenters. The Morgan fingerprint density at radius 1 is 1.22 bits per heavy atom. The molecule has 8 heteroatoms. The van der Waals surface area contributed by atoms with Crippen molar-refractivity contribution in [3.8, 4) is 22.6 Å². The molecule has 1 amide bonds. The van der Waals surface area contributed by atoms with Gasteiger partial charge in [0.1, 0.15) is 11.5 Å². The third-order valence-electron chi connectivity index (χ3n) is 5.52. The first-order valence-corrected chi connectivity index (χ1v) is 11.0. The van der Waals surface area contributed by atoms with Gasteiger partial charge in [0.25, 0.3) is 11.5 Å². The monoisotopic (exact) mass is 437 g/mol. The van der Waals surface area contributed by atoms with Gasteiger partial charge in [-0.3, -0.25) is 9.59 Å². The number of hydrogen-bond donors (Lipinski definition) is 2. The quantitative estimate of drug-likeness (QED) is 0.445. The molecule has 170 valence electrons. The van der Waals surface area contributed by atoms with Crippen LogP contribution in [0.5, 0.6) is 0 Å². The van der Waals surface area contributed by atoms with Crippen molar-refractivity contribution in [2.45, 2.75) is 33.7 Å². The number of amides is 1. The lowest BCUT2D eigenvalue weighted by Crippen LogP contribution is -2.26. The van der Waals surface area contributed by atoms with Crippen LogP contribution >= 0.6 is 0 Å². The summed E-state index contributed by atoms with van der Waals surface area (Å²) in [7, 11) is 0. The van der Waals surface area contributed by atoms with E-state index in [9.17, 15) is 9.59 Å². The van der Waals surface area contributed by atoms with E-state index < -0.39 is 5.91 Å². The molecule has 0 aliphatic heterocycles. The van der Waals surface area contributed by atoms with Crippen molar-refractivity contribution in [2.75, 3.05) is 31.5 Å². The van der Waals surface area contributed by atoms with Crippen LogP contribution in [0, 0.1) is 0 Å². The lowest BCUT2D eigenvalue weighted by molar-refractivity contribution is 0.100. The third-order valence-corrected chi connectivity index (χ3v) is 5.52. The molecule has 3 heterocycles. The number of anilines is 1. The van der Waals surface area contributed by atoms with E-state index in [0.29, 0.717) is 41.5 Å². The number of carbonyl (C=O) groups is 1. The number of aromatic nitrogens is 2. The summed E-state index contributed by atoms with van der Waals surface area (Å²) in [5, 5.41) is 3.28. The first-order valence-electron chi connectivity index (χ1n) is 11.0. The average Bonchev–Trinajstić information content (AvgIpc) is 3.34. The zero-order chi connectivity index (χ0) is 23.1. The Bertz CT molecular complexity index is 1100. The summed E-state index contributed by atoms with van der Waals surface area (Å²) in [6, 6.07) is 8.55. The molecule has 0 fully saturated rings. The zero-order valence-electron chi connectivity index (χ0n) is 18.9. The van der Waals surface area contributed by atoms with Gasteiger partial charge < -0.3 is 24.9 Å². The maximum Gasteiger partial charge on any atom is 0.252 e. The minimum atomic E-state index is -0.570. The number of rotatable bonds is 11. The predicted octanol–water partition coefficient (Wildman–Crippen LogP) is 3.43. The van der Waals surface area contributed by atoms with Crippen LogP contribution in [0.3, 0.4) is 0 Å². The molecule has 0 unspecified atom stereocenters. The topological polar surface area (TPSA) is 106 Å². The van der Waals surface area contributed by atoms with Crippen LogP contribution in [0.25, 0.3) is 22.6 Å². The molecule has 0 saturated heterocycles. The van der Waals surface area contributed by atoms with Crippen LogP contribution in [0.1, 0.15) is 37.6 Å². The summed E-state index contributed by atoms with van der Waals surface area (Å²) in [6.45, 7) is 10.3. The summed E-state index contributed by atoms with van der Waals surface area (Å²) in [5.74, 6) is 0.423. The van der Waals surface area contributed by atoms with Crippen LogP contribution in [0.15, 0.2) is 52.0 Å². The van der Waals surface area contributed by atoms with Gasteiger partial charge >= 0.3 is 0 Å². The van der Waals surface area contributed by atoms with E-state index in [1.165, 1.54) is 6.07 Å². The van der Waals surface area contributed by atoms with E-state index >= 15 is 0 Å². The molecule has 3 rings (SSSR count). The summed E-state index contributed by atoms with van der Waals surface area (Å²) < 4.78 is 7.22. The molecule has 32 heavy (non-hydrogen) atoms. The maximum absolute atomic E-state index is 12.3. The van der Waals surface area contributed by atoms with Crippen molar-refractivity contribution in [1.29, 1.82) is 0 Å². The Labute approximate surface area is 188 Å². The summed E-state index contributed by atoms with van der Waals surface area (Å²) in [6.07, 6.45) is 4.24. The molecule has 0 aliphatic rings. The van der Waals surface area contributed by atoms with Gasteiger partial charge in [0.2, 0.25) is 0 Å². The molecular formula is C24H31N5O3. The van der Waals surface area contributed by atoms with Crippen LogP contribution < -0.4 is 16.6 Å². The van der Waals surface area contributed by atoms with E-state index in [2.05, 4.69) is 24.1 Å². The number of furan rings is 1. The fraction of sp³-hybridized carbons (Fsp3) is 0.375. The van der Waals surface area contributed by atoms with E-state index in [0.717, 1.165) is 31.6 Å². The lowest BCUT2D eigenvalue weighted by Gasteiger charge is -2.19. The van der Waals surface area contributed by atoms with Crippen LogP contribution in [-0.2, 0) is 6.54 Å². The van der Waals surface area contributed by atoms with E-state index in [4.69, 9.17) is 15.1 Å². The molecule has 3 aromatic heterocycles. The van der Waals surface area contributed by atoms with Gasteiger partial charge in [-0.05, 0) is 57.2 Å². The van der Waals surface area contributed by atoms with E-state index in [1.54, 1.807) is 35.2 Å². The zero-order valence-corrected chi connectivity index (χ0v) is 18.9. The molecule has 8 nitrogen and oxygen atoms in total. The first-order chi connectivity index (χ1) is 15.5. The largest absolute Gasteiger partial charge is 0.463 e. The van der Waals surface area contributed by atoms with Gasteiger partial charge in [0.05, 0.1) is 11.8 Å². The Morgan fingerprint density at radius 2 is 2.00 bits per heavy atom. The van der Waals surface area contributed by atoms with Crippen LogP contribution in [0.2, 0.25) is 0 Å². The second kappa shape index (κ2) is 10.8. The van der Waals surface area contributed by atoms with Crippen molar-refractivity contribution in [1.82, 2.24) is 14.5 Å². The van der Waals surface area contributed by atoms with Gasteiger partial charge in [-0.2, -0.15) is 0 Å². The number of nitrogens with zero attached hydrogens (tertiary/aromatic N) is 3. The fourth-order valence-electron chi connectivity index (χ4n) is 3.64. The highest BCUT2D eigenvalue weighted by molar-refractivity contribution is 6.00. The molecule has 3 aromatic rings. The molecule has 0 bridgehead atoms. The number of nitrogens with one attached hydrogen (secondary N) is 1. The van der Waals surface area contributed by atoms with E-state index in [1.807, 2.05) is 13.0 Å². The fourth-order valence-corrected chi connectivity index (χ4v) is 3.64. The van der Waals surface area contributed by atoms with Gasteiger partial charge in [0, 0.05) is 36.5 Å². The SMILES string of the molecule is CCN(CC)CCCNc1nc(-c2ccco2)c(-c2ccc(=O)n(CC)c2)cc1C(N)=O. The van der Waals surface area contributed by atoms with Crippen LogP contribution in [0.4, 0.5) is 5.82 Å². The van der Waals surface area contributed by atoms with Crippen molar-refractivity contribution in [3.05, 3.63) is 58.7 Å². The number of nitrogens with two attached hydrogens (primary N) is 1. The van der Waals surface area contributed by atoms with E-state index in [-0.39, 0.29) is 5.56 Å². The number of pyridine rings is 2. The van der Waals surface area contributed by atoms with Crippen LogP contribution in [-0.4, -0.2) is 46.5 Å². The van der Waals surface area contributed by atoms with Gasteiger partial charge in [-0.15, -0.1) is 0 Å². The standard InChI is InChI=1S/C24H31N5O3/c1-4-28(5-2)13-8-12-26-24-19(23(25)31)15-18(22(27-24)20-9-7-14-32-20)17-10-11-21(30)29(6-3)16-17/h7,9-11,14-16H,4-6,8,12-13H2,1-3H3,(H2,25,31)(H,26,27). The third kappa shape index (κ3) is 5.26. The predicted molar refractivity (Wildman–Crippen MR) is 127 cm³/mol. The van der Waals surface area contributed by atoms with Crippen molar-refractivity contribution >= 4 is 11.7 Å². The second-order valence-corrected chi connectivity index (χ2v) is 7.47. The Balaban J connectivity index is 2.02. The molecule has 3 N–H and O–H groups in total. The highest BCUT2D eigenvalue weighted by atomic mass is 16.3. The maximum atomic E-state index is 12.3. The van der Waals surface area contributed by atoms with Gasteiger partial charge in [-0.1, -0.05) is 13.8 Å². The lowest BCUT2D eigenvalue weighted by atomic mass is 10.0. The smallest absolute Gasteiger partial charge is 0.252 e. The molecular weight excluding hydrogens is 406 g/mol. The number of primary amides is 1. The number of aryl methyl sites for hydroxylation is 1. The summed E-state index contributed by atoms with van der Waals surface area (Å²) >= 11 is 0. The van der Waals surface area contributed by atoms with Gasteiger partial charge in [-0.25, -0.2) is 4.98 Å². The number of carbonyl (C=O) groups excluding carboxylic acids is 1. The normalized spacial score (nSPS) is 11.1. The van der Waals surface area contributed by atoms with Crippen molar-refractivity contribution in [2.24, 2.45) is 5.73 Å². The number of hydrogen-bond acceptors (Lipinski definition) is 6. The second-order valence-electron chi connectivity index (χ2n) is 7.47. The molecule has 0 aliphatic carbocycles. The summed E-state index contributed by atoms with van der Waals surface area (Å²) in [4.78, 5) is 31.4. The average molecular weight is 438 g/mol. The summed E-state index contributed by atoms with van der Waals surface area (Å²) in [5.41, 5.74) is 7.90. The Kier molecular flexibility index (Phi) is 7.83. The first kappa shape index (κ1) is 23.3. The molecule has 0 spiro atoms. The molecule has 0 saturated carbocycles. The Hall–Kier alpha value is -3.39. The van der Waals surface area contributed by atoms with Gasteiger partial charge in [0.15, 0.2) is 5.76 Å².